The predicted octanol–water partition coefficient (Wildman–Crippen LogP) is 5.23. The molecule has 2 heterocycles. The van der Waals surface area contributed by atoms with Crippen LogP contribution in [0.2, 0.25) is 0 Å². The molecule has 0 fully saturated rings. The van der Waals surface area contributed by atoms with E-state index in [4.69, 9.17) is 0 Å². The first kappa shape index (κ1) is 15.6. The first-order chi connectivity index (χ1) is 10.9. The molecule has 0 bridgehead atoms. The number of rotatable bonds is 3. The van der Waals surface area contributed by atoms with Crippen molar-refractivity contribution in [2.24, 2.45) is 0 Å². The fourth-order valence-corrected chi connectivity index (χ4v) is 2.75. The highest BCUT2D eigenvalue weighted by Crippen LogP contribution is 2.33. The Balaban J connectivity index is 2.32. The Morgan fingerprint density at radius 2 is 1.70 bits per heavy atom. The van der Waals surface area contributed by atoms with Crippen LogP contribution < -0.4 is 0 Å². The van der Waals surface area contributed by atoms with Crippen molar-refractivity contribution >= 4 is 11.0 Å². The van der Waals surface area contributed by atoms with E-state index < -0.39 is 6.43 Å². The van der Waals surface area contributed by atoms with Crippen molar-refractivity contribution in [2.45, 2.75) is 40.2 Å². The lowest BCUT2D eigenvalue weighted by Crippen LogP contribution is -2.04. The van der Waals surface area contributed by atoms with Gasteiger partial charge in [-0.2, -0.15) is 5.10 Å². The summed E-state index contributed by atoms with van der Waals surface area (Å²) in [6.45, 7) is 7.67. The molecule has 120 valence electrons. The Bertz CT molecular complexity index is 849. The SMILES string of the molecule is Cc1ccc(-c2cc(C(F)F)c3c(C)nn(C(C)C)c3n2)cc1. The summed E-state index contributed by atoms with van der Waals surface area (Å²) >= 11 is 0. The fourth-order valence-electron chi connectivity index (χ4n) is 2.75. The molecule has 2 aromatic heterocycles. The summed E-state index contributed by atoms with van der Waals surface area (Å²) in [6, 6.07) is 9.25. The molecular weight excluding hydrogens is 296 g/mol. The summed E-state index contributed by atoms with van der Waals surface area (Å²) < 4.78 is 28.9. The quantitative estimate of drug-likeness (QED) is 0.662. The molecule has 0 aliphatic rings. The van der Waals surface area contributed by atoms with Crippen molar-refractivity contribution in [3.8, 4) is 11.3 Å². The summed E-state index contributed by atoms with van der Waals surface area (Å²) in [7, 11) is 0. The molecule has 0 saturated carbocycles. The van der Waals surface area contributed by atoms with Crippen LogP contribution in [-0.4, -0.2) is 14.8 Å². The van der Waals surface area contributed by atoms with E-state index in [0.717, 1.165) is 11.1 Å². The Kier molecular flexibility index (Phi) is 3.88. The minimum absolute atomic E-state index is 0.00465. The van der Waals surface area contributed by atoms with Crippen LogP contribution in [0.1, 0.15) is 43.1 Å². The number of alkyl halides is 2. The molecule has 0 radical (unpaired) electrons. The number of aryl methyl sites for hydroxylation is 2. The van der Waals surface area contributed by atoms with E-state index in [1.807, 2.05) is 45.0 Å². The van der Waals surface area contributed by atoms with Gasteiger partial charge in [0.15, 0.2) is 5.65 Å². The molecule has 5 heteroatoms. The second-order valence-corrected chi connectivity index (χ2v) is 6.09. The molecule has 0 spiro atoms. The predicted molar refractivity (Wildman–Crippen MR) is 87.8 cm³/mol. The molecule has 0 unspecified atom stereocenters. The van der Waals surface area contributed by atoms with Gasteiger partial charge < -0.3 is 0 Å². The summed E-state index contributed by atoms with van der Waals surface area (Å²) in [5, 5.41) is 4.86. The Morgan fingerprint density at radius 3 is 2.26 bits per heavy atom. The van der Waals surface area contributed by atoms with E-state index in [1.165, 1.54) is 6.07 Å². The van der Waals surface area contributed by atoms with Crippen LogP contribution in [0.4, 0.5) is 8.78 Å². The number of benzene rings is 1. The van der Waals surface area contributed by atoms with Gasteiger partial charge in [-0.1, -0.05) is 29.8 Å². The molecule has 1 aromatic carbocycles. The standard InChI is InChI=1S/C18H19F2N3/c1-10(2)23-18-16(12(4)22-23)14(17(19)20)9-15(21-18)13-7-5-11(3)6-8-13/h5-10,17H,1-4H3. The van der Waals surface area contributed by atoms with Crippen LogP contribution in [0.25, 0.3) is 22.3 Å². The number of halogens is 2. The van der Waals surface area contributed by atoms with Crippen molar-refractivity contribution in [3.05, 3.63) is 47.2 Å². The van der Waals surface area contributed by atoms with Crippen LogP contribution in [0.5, 0.6) is 0 Å². The van der Waals surface area contributed by atoms with Gasteiger partial charge in [0.2, 0.25) is 0 Å². The third-order valence-electron chi connectivity index (χ3n) is 3.94. The minimum Gasteiger partial charge on any atom is -0.244 e. The molecule has 23 heavy (non-hydrogen) atoms. The van der Waals surface area contributed by atoms with Crippen LogP contribution in [0.15, 0.2) is 30.3 Å². The zero-order valence-electron chi connectivity index (χ0n) is 13.6. The van der Waals surface area contributed by atoms with E-state index in [0.29, 0.717) is 22.4 Å². The third-order valence-corrected chi connectivity index (χ3v) is 3.94. The summed E-state index contributed by atoms with van der Waals surface area (Å²) in [6.07, 6.45) is -2.56. The number of hydrogen-bond donors (Lipinski definition) is 0. The zero-order chi connectivity index (χ0) is 16.7. The molecule has 0 aliphatic carbocycles. The van der Waals surface area contributed by atoms with Crippen molar-refractivity contribution in [2.75, 3.05) is 0 Å². The average molecular weight is 315 g/mol. The van der Waals surface area contributed by atoms with Crippen molar-refractivity contribution in [3.63, 3.8) is 0 Å². The number of hydrogen-bond acceptors (Lipinski definition) is 2. The smallest absolute Gasteiger partial charge is 0.244 e. The molecule has 0 atom stereocenters. The molecule has 0 saturated heterocycles. The van der Waals surface area contributed by atoms with Gasteiger partial charge in [-0.15, -0.1) is 0 Å². The number of fused-ring (bicyclic) bond motifs is 1. The lowest BCUT2D eigenvalue weighted by atomic mass is 10.0. The molecular formula is C18H19F2N3. The Hall–Kier alpha value is -2.30. The summed E-state index contributed by atoms with van der Waals surface area (Å²) in [4.78, 5) is 4.63. The zero-order valence-corrected chi connectivity index (χ0v) is 13.6. The normalized spacial score (nSPS) is 11.8. The van der Waals surface area contributed by atoms with E-state index in [1.54, 1.807) is 11.6 Å². The lowest BCUT2D eigenvalue weighted by molar-refractivity contribution is 0.153. The highest BCUT2D eigenvalue weighted by molar-refractivity contribution is 5.85. The third kappa shape index (κ3) is 2.71. The van der Waals surface area contributed by atoms with Crippen LogP contribution >= 0.6 is 0 Å². The first-order valence-electron chi connectivity index (χ1n) is 7.63. The van der Waals surface area contributed by atoms with Crippen LogP contribution in [-0.2, 0) is 0 Å². The number of aromatic nitrogens is 3. The van der Waals surface area contributed by atoms with Gasteiger partial charge >= 0.3 is 0 Å². The fraction of sp³-hybridized carbons (Fsp3) is 0.333. The van der Waals surface area contributed by atoms with E-state index >= 15 is 0 Å². The highest BCUT2D eigenvalue weighted by Gasteiger charge is 2.21. The molecule has 0 aliphatic heterocycles. The molecule has 0 N–H and O–H groups in total. The van der Waals surface area contributed by atoms with Crippen LogP contribution in [0.3, 0.4) is 0 Å². The number of pyridine rings is 1. The van der Waals surface area contributed by atoms with Gasteiger partial charge in [0.25, 0.3) is 6.43 Å². The molecule has 3 rings (SSSR count). The van der Waals surface area contributed by atoms with Gasteiger partial charge in [0, 0.05) is 17.2 Å². The maximum Gasteiger partial charge on any atom is 0.264 e. The average Bonchev–Trinajstić information content (AvgIpc) is 2.84. The van der Waals surface area contributed by atoms with Crippen molar-refractivity contribution < 1.29 is 8.78 Å². The van der Waals surface area contributed by atoms with E-state index in [2.05, 4.69) is 10.1 Å². The maximum atomic E-state index is 13.6. The lowest BCUT2D eigenvalue weighted by Gasteiger charge is -2.10. The van der Waals surface area contributed by atoms with E-state index in [-0.39, 0.29) is 11.6 Å². The van der Waals surface area contributed by atoms with Gasteiger partial charge in [0.1, 0.15) is 0 Å². The molecule has 3 nitrogen and oxygen atoms in total. The largest absolute Gasteiger partial charge is 0.264 e. The van der Waals surface area contributed by atoms with Gasteiger partial charge in [-0.25, -0.2) is 18.4 Å². The highest BCUT2D eigenvalue weighted by atomic mass is 19.3. The second kappa shape index (κ2) is 5.72. The van der Waals surface area contributed by atoms with Crippen molar-refractivity contribution in [1.29, 1.82) is 0 Å². The van der Waals surface area contributed by atoms with Gasteiger partial charge in [-0.3, -0.25) is 0 Å². The monoisotopic (exact) mass is 315 g/mol. The number of nitrogens with zero attached hydrogens (tertiary/aromatic N) is 3. The Morgan fingerprint density at radius 1 is 1.04 bits per heavy atom. The van der Waals surface area contributed by atoms with E-state index in [9.17, 15) is 8.78 Å². The van der Waals surface area contributed by atoms with Gasteiger partial charge in [-0.05, 0) is 33.8 Å². The summed E-state index contributed by atoms with van der Waals surface area (Å²) in [5.41, 5.74) is 3.60. The Labute approximate surface area is 134 Å². The summed E-state index contributed by atoms with van der Waals surface area (Å²) in [5.74, 6) is 0. The van der Waals surface area contributed by atoms with Crippen LogP contribution in [0, 0.1) is 13.8 Å². The second-order valence-electron chi connectivity index (χ2n) is 6.09. The van der Waals surface area contributed by atoms with Gasteiger partial charge in [0.05, 0.1) is 16.8 Å². The minimum atomic E-state index is -2.56. The topological polar surface area (TPSA) is 30.7 Å². The molecule has 3 aromatic rings. The first-order valence-corrected chi connectivity index (χ1v) is 7.63. The van der Waals surface area contributed by atoms with Crippen molar-refractivity contribution in [1.82, 2.24) is 14.8 Å². The maximum absolute atomic E-state index is 13.6. The molecule has 0 amide bonds.